The van der Waals surface area contributed by atoms with Crippen molar-refractivity contribution in [1.29, 1.82) is 0 Å². The fourth-order valence-corrected chi connectivity index (χ4v) is 4.43. The topological polar surface area (TPSA) is 108 Å². The molecule has 196 valence electrons. The SMILES string of the molecule is CCCC1CC=CCC/C(C)=C/C(NOCC(=O)N2CCCCC2)=C/c2cc(O)cc(O)c2C(=O)O1. The molecule has 1 amide bonds. The Labute approximate surface area is 213 Å². The number of carbonyl (C=O) groups is 2. The monoisotopic (exact) mass is 498 g/mol. The summed E-state index contributed by atoms with van der Waals surface area (Å²) in [6.45, 7) is 5.36. The van der Waals surface area contributed by atoms with Crippen molar-refractivity contribution in [2.45, 2.75) is 71.3 Å². The molecule has 1 fully saturated rings. The molecule has 1 unspecified atom stereocenters. The van der Waals surface area contributed by atoms with Gasteiger partial charge in [0.1, 0.15) is 23.2 Å². The largest absolute Gasteiger partial charge is 0.508 e. The number of fused-ring (bicyclic) bond motifs is 1. The van der Waals surface area contributed by atoms with Crippen LogP contribution in [0.1, 0.15) is 81.1 Å². The van der Waals surface area contributed by atoms with Gasteiger partial charge >= 0.3 is 5.97 Å². The maximum Gasteiger partial charge on any atom is 0.342 e. The van der Waals surface area contributed by atoms with Gasteiger partial charge in [-0.2, -0.15) is 0 Å². The second-order valence-corrected chi connectivity index (χ2v) is 9.41. The Hall–Kier alpha value is -3.26. The van der Waals surface area contributed by atoms with Crippen LogP contribution in [0.5, 0.6) is 11.5 Å². The van der Waals surface area contributed by atoms with Crippen molar-refractivity contribution >= 4 is 18.0 Å². The van der Waals surface area contributed by atoms with Gasteiger partial charge < -0.3 is 19.8 Å². The Morgan fingerprint density at radius 3 is 2.69 bits per heavy atom. The highest BCUT2D eigenvalue weighted by atomic mass is 16.6. The normalized spacial score (nSPS) is 22.3. The number of hydroxylamine groups is 1. The van der Waals surface area contributed by atoms with E-state index in [2.05, 4.69) is 11.6 Å². The number of rotatable bonds is 6. The van der Waals surface area contributed by atoms with Crippen LogP contribution >= 0.6 is 0 Å². The van der Waals surface area contributed by atoms with E-state index >= 15 is 0 Å². The predicted octanol–water partition coefficient (Wildman–Crippen LogP) is 4.98. The van der Waals surface area contributed by atoms with Crippen LogP contribution in [0.3, 0.4) is 0 Å². The zero-order valence-electron chi connectivity index (χ0n) is 21.3. The summed E-state index contributed by atoms with van der Waals surface area (Å²) in [5, 5.41) is 20.7. The molecule has 8 heteroatoms. The molecule has 2 aliphatic rings. The first-order valence-corrected chi connectivity index (χ1v) is 12.8. The van der Waals surface area contributed by atoms with Crippen LogP contribution in [0, 0.1) is 0 Å². The predicted molar refractivity (Wildman–Crippen MR) is 138 cm³/mol. The molecule has 0 bridgehead atoms. The molecule has 0 radical (unpaired) electrons. The van der Waals surface area contributed by atoms with Crippen LogP contribution in [-0.2, 0) is 14.4 Å². The third kappa shape index (κ3) is 8.16. The van der Waals surface area contributed by atoms with E-state index in [0.29, 0.717) is 18.5 Å². The number of benzene rings is 1. The van der Waals surface area contributed by atoms with E-state index in [1.807, 2.05) is 26.0 Å². The molecule has 3 rings (SSSR count). The number of ether oxygens (including phenoxy) is 1. The number of phenols is 2. The first kappa shape index (κ1) is 27.3. The van der Waals surface area contributed by atoms with Gasteiger partial charge in [0.25, 0.3) is 5.91 Å². The van der Waals surface area contributed by atoms with Crippen LogP contribution < -0.4 is 5.48 Å². The Morgan fingerprint density at radius 1 is 1.17 bits per heavy atom. The van der Waals surface area contributed by atoms with Gasteiger partial charge in [-0.05, 0) is 69.2 Å². The van der Waals surface area contributed by atoms with Crippen molar-refractivity contribution in [2.24, 2.45) is 0 Å². The number of hydrogen-bond donors (Lipinski definition) is 3. The molecule has 2 aliphatic heterocycles. The second kappa shape index (κ2) is 13.7. The average molecular weight is 499 g/mol. The maximum absolute atomic E-state index is 13.1. The molecule has 0 spiro atoms. The zero-order chi connectivity index (χ0) is 25.9. The van der Waals surface area contributed by atoms with E-state index in [0.717, 1.165) is 63.3 Å². The van der Waals surface area contributed by atoms with Crippen molar-refractivity contribution in [1.82, 2.24) is 10.4 Å². The van der Waals surface area contributed by atoms with Gasteiger partial charge in [0.15, 0.2) is 6.61 Å². The quantitative estimate of drug-likeness (QED) is 0.288. The van der Waals surface area contributed by atoms with Crippen LogP contribution in [0.2, 0.25) is 0 Å². The molecule has 0 saturated carbocycles. The number of nitrogens with zero attached hydrogens (tertiary/aromatic N) is 1. The van der Waals surface area contributed by atoms with E-state index in [-0.39, 0.29) is 41.2 Å². The molecule has 8 nitrogen and oxygen atoms in total. The summed E-state index contributed by atoms with van der Waals surface area (Å²) in [5.74, 6) is -1.31. The third-order valence-corrected chi connectivity index (χ3v) is 6.30. The minimum absolute atomic E-state index is 0.0373. The van der Waals surface area contributed by atoms with Crippen LogP contribution in [0.4, 0.5) is 0 Å². The van der Waals surface area contributed by atoms with Crippen molar-refractivity contribution in [3.05, 3.63) is 52.8 Å². The number of aromatic hydroxyl groups is 2. The Morgan fingerprint density at radius 2 is 1.94 bits per heavy atom. The summed E-state index contributed by atoms with van der Waals surface area (Å²) in [6, 6.07) is 2.51. The Balaban J connectivity index is 1.89. The van der Waals surface area contributed by atoms with Gasteiger partial charge in [-0.25, -0.2) is 4.79 Å². The number of carbonyl (C=O) groups excluding carboxylic acids is 2. The minimum Gasteiger partial charge on any atom is -0.508 e. The van der Waals surface area contributed by atoms with Gasteiger partial charge in [0, 0.05) is 25.6 Å². The van der Waals surface area contributed by atoms with Crippen molar-refractivity contribution < 1.29 is 29.4 Å². The molecule has 0 aliphatic carbocycles. The average Bonchev–Trinajstić information content (AvgIpc) is 2.83. The lowest BCUT2D eigenvalue weighted by Crippen LogP contribution is -2.39. The fourth-order valence-electron chi connectivity index (χ4n) is 4.43. The number of likely N-dealkylation sites (tertiary alicyclic amines) is 1. The van der Waals surface area contributed by atoms with E-state index in [4.69, 9.17) is 9.57 Å². The number of amides is 1. The Bertz CT molecular complexity index is 1010. The van der Waals surface area contributed by atoms with Gasteiger partial charge in [-0.1, -0.05) is 31.1 Å². The fraction of sp³-hybridized carbons (Fsp3) is 0.500. The van der Waals surface area contributed by atoms with Crippen LogP contribution in [0.25, 0.3) is 6.08 Å². The highest BCUT2D eigenvalue weighted by Crippen LogP contribution is 2.31. The second-order valence-electron chi connectivity index (χ2n) is 9.41. The van der Waals surface area contributed by atoms with Gasteiger partial charge in [-0.3, -0.25) is 15.1 Å². The van der Waals surface area contributed by atoms with Crippen molar-refractivity contribution in [3.63, 3.8) is 0 Å². The van der Waals surface area contributed by atoms with E-state index in [1.54, 1.807) is 11.0 Å². The van der Waals surface area contributed by atoms with E-state index in [1.165, 1.54) is 6.07 Å². The molecule has 1 aromatic rings. The van der Waals surface area contributed by atoms with Crippen LogP contribution in [0.15, 0.2) is 41.6 Å². The van der Waals surface area contributed by atoms with E-state index in [9.17, 15) is 19.8 Å². The zero-order valence-corrected chi connectivity index (χ0v) is 21.3. The maximum atomic E-state index is 13.1. The number of esters is 1. The molecule has 3 N–H and O–H groups in total. The third-order valence-electron chi connectivity index (χ3n) is 6.30. The number of phenolic OH excluding ortho intramolecular Hbond substituents is 2. The molecular formula is C28H38N2O6. The first-order chi connectivity index (χ1) is 17.4. The van der Waals surface area contributed by atoms with Crippen LogP contribution in [-0.4, -0.2) is 52.8 Å². The molecule has 1 aromatic carbocycles. The summed E-state index contributed by atoms with van der Waals surface area (Å²) < 4.78 is 5.74. The minimum atomic E-state index is -0.663. The van der Waals surface area contributed by atoms with Crippen molar-refractivity contribution in [3.8, 4) is 11.5 Å². The highest BCUT2D eigenvalue weighted by molar-refractivity contribution is 5.97. The van der Waals surface area contributed by atoms with Gasteiger partial charge in [0.2, 0.25) is 0 Å². The Kier molecular flexibility index (Phi) is 10.4. The molecule has 0 aromatic heterocycles. The highest BCUT2D eigenvalue weighted by Gasteiger charge is 2.22. The van der Waals surface area contributed by atoms with Crippen molar-refractivity contribution in [2.75, 3.05) is 19.7 Å². The summed E-state index contributed by atoms with van der Waals surface area (Å²) >= 11 is 0. The number of hydrogen-bond acceptors (Lipinski definition) is 7. The number of nitrogens with one attached hydrogen (secondary N) is 1. The first-order valence-electron chi connectivity index (χ1n) is 12.8. The number of piperidine rings is 1. The summed E-state index contributed by atoms with van der Waals surface area (Å²) in [7, 11) is 0. The molecule has 1 saturated heterocycles. The lowest BCUT2D eigenvalue weighted by atomic mass is 10.0. The summed E-state index contributed by atoms with van der Waals surface area (Å²) in [6.07, 6.45) is 14.2. The summed E-state index contributed by atoms with van der Waals surface area (Å²) in [5.41, 5.74) is 4.60. The van der Waals surface area contributed by atoms with Gasteiger partial charge in [0.05, 0.1) is 5.70 Å². The number of cyclic esters (lactones) is 1. The summed E-state index contributed by atoms with van der Waals surface area (Å²) in [4.78, 5) is 32.9. The molecule has 2 heterocycles. The standard InChI is InChI=1S/C28H38N2O6/c1-3-10-24-12-7-4-6-11-20(2)15-22(29-35-19-26(33)30-13-8-5-9-14-30)16-21-17-23(31)18-25(32)27(21)28(34)36-24/h4,7,15-18,24,29,31-32H,3,5-6,8-14,19H2,1-2H3/b7-4?,20-15+,22-16-. The molecule has 1 atom stereocenters. The smallest absolute Gasteiger partial charge is 0.342 e. The lowest BCUT2D eigenvalue weighted by Gasteiger charge is -2.26. The molecule has 36 heavy (non-hydrogen) atoms. The van der Waals surface area contributed by atoms with E-state index < -0.39 is 5.97 Å². The number of allylic oxidation sites excluding steroid dienone is 3. The van der Waals surface area contributed by atoms with Gasteiger partial charge in [-0.15, -0.1) is 0 Å². The lowest BCUT2D eigenvalue weighted by molar-refractivity contribution is -0.139. The molecular weight excluding hydrogens is 460 g/mol.